The SMILES string of the molecule is CC(CCc1ccco1)Nc1nncs1. The third-order valence-electron chi connectivity index (χ3n) is 2.13. The van der Waals surface area contributed by atoms with Crippen molar-refractivity contribution in [1.29, 1.82) is 0 Å². The summed E-state index contributed by atoms with van der Waals surface area (Å²) in [5, 5.41) is 11.9. The highest BCUT2D eigenvalue weighted by molar-refractivity contribution is 7.13. The molecule has 0 aliphatic heterocycles. The van der Waals surface area contributed by atoms with E-state index in [1.54, 1.807) is 11.8 Å². The van der Waals surface area contributed by atoms with E-state index in [9.17, 15) is 0 Å². The molecule has 1 atom stereocenters. The molecule has 80 valence electrons. The van der Waals surface area contributed by atoms with Crippen LogP contribution in [0.1, 0.15) is 19.1 Å². The molecule has 1 N–H and O–H groups in total. The minimum absolute atomic E-state index is 0.378. The van der Waals surface area contributed by atoms with E-state index in [0.29, 0.717) is 6.04 Å². The number of nitrogens with one attached hydrogen (secondary N) is 1. The smallest absolute Gasteiger partial charge is 0.205 e. The minimum Gasteiger partial charge on any atom is -0.469 e. The molecule has 2 aromatic rings. The highest BCUT2D eigenvalue weighted by Gasteiger charge is 2.05. The Kier molecular flexibility index (Phi) is 3.34. The second-order valence-electron chi connectivity index (χ2n) is 3.41. The normalized spacial score (nSPS) is 12.6. The Hall–Kier alpha value is -1.36. The van der Waals surface area contributed by atoms with Gasteiger partial charge in [-0.3, -0.25) is 0 Å². The molecule has 0 saturated carbocycles. The summed E-state index contributed by atoms with van der Waals surface area (Å²) >= 11 is 1.52. The Morgan fingerprint density at radius 3 is 3.20 bits per heavy atom. The first kappa shape index (κ1) is 10.2. The fourth-order valence-corrected chi connectivity index (χ4v) is 1.89. The van der Waals surface area contributed by atoms with Crippen LogP contribution in [0.25, 0.3) is 0 Å². The van der Waals surface area contributed by atoms with Crippen LogP contribution in [0.15, 0.2) is 28.3 Å². The summed E-state index contributed by atoms with van der Waals surface area (Å²) in [6.07, 6.45) is 3.67. The largest absolute Gasteiger partial charge is 0.469 e. The van der Waals surface area contributed by atoms with Gasteiger partial charge in [-0.15, -0.1) is 10.2 Å². The molecule has 0 bridgehead atoms. The standard InChI is InChI=1S/C10H13N3OS/c1-8(12-10-13-11-7-15-10)4-5-9-3-2-6-14-9/h2-3,6-8H,4-5H2,1H3,(H,12,13). The van der Waals surface area contributed by atoms with Crippen LogP contribution in [0.5, 0.6) is 0 Å². The topological polar surface area (TPSA) is 51.0 Å². The van der Waals surface area contributed by atoms with Crippen molar-refractivity contribution in [2.75, 3.05) is 5.32 Å². The second kappa shape index (κ2) is 4.93. The summed E-state index contributed by atoms with van der Waals surface area (Å²) in [7, 11) is 0. The summed E-state index contributed by atoms with van der Waals surface area (Å²) in [6.45, 7) is 2.13. The van der Waals surface area contributed by atoms with Gasteiger partial charge in [0.15, 0.2) is 0 Å². The summed E-state index contributed by atoms with van der Waals surface area (Å²) < 4.78 is 5.27. The van der Waals surface area contributed by atoms with Crippen molar-refractivity contribution in [2.45, 2.75) is 25.8 Å². The maximum Gasteiger partial charge on any atom is 0.205 e. The van der Waals surface area contributed by atoms with Gasteiger partial charge < -0.3 is 9.73 Å². The predicted molar refractivity (Wildman–Crippen MR) is 60.0 cm³/mol. The molecule has 5 heteroatoms. The number of aryl methyl sites for hydroxylation is 1. The van der Waals surface area contributed by atoms with Crippen LogP contribution in [0.2, 0.25) is 0 Å². The molecular weight excluding hydrogens is 210 g/mol. The number of hydrogen-bond donors (Lipinski definition) is 1. The van der Waals surface area contributed by atoms with Gasteiger partial charge in [0.1, 0.15) is 11.3 Å². The average Bonchev–Trinajstić information content (AvgIpc) is 2.86. The van der Waals surface area contributed by atoms with E-state index in [0.717, 1.165) is 23.7 Å². The van der Waals surface area contributed by atoms with Gasteiger partial charge in [0, 0.05) is 12.5 Å². The van der Waals surface area contributed by atoms with Crippen LogP contribution in [-0.4, -0.2) is 16.2 Å². The molecule has 0 radical (unpaired) electrons. The van der Waals surface area contributed by atoms with Crippen LogP contribution >= 0.6 is 11.3 Å². The van der Waals surface area contributed by atoms with E-state index in [-0.39, 0.29) is 0 Å². The quantitative estimate of drug-likeness (QED) is 0.846. The molecule has 15 heavy (non-hydrogen) atoms. The van der Waals surface area contributed by atoms with E-state index < -0.39 is 0 Å². The Morgan fingerprint density at radius 2 is 2.53 bits per heavy atom. The molecule has 1 unspecified atom stereocenters. The zero-order chi connectivity index (χ0) is 10.5. The third-order valence-corrected chi connectivity index (χ3v) is 2.76. The first-order valence-corrected chi connectivity index (χ1v) is 5.77. The molecule has 2 heterocycles. The molecule has 0 saturated heterocycles. The van der Waals surface area contributed by atoms with E-state index in [2.05, 4.69) is 22.4 Å². The summed E-state index contributed by atoms with van der Waals surface area (Å²) in [5.41, 5.74) is 1.72. The fraction of sp³-hybridized carbons (Fsp3) is 0.400. The van der Waals surface area contributed by atoms with Gasteiger partial charge in [0.25, 0.3) is 0 Å². The lowest BCUT2D eigenvalue weighted by Crippen LogP contribution is -2.15. The Balaban J connectivity index is 1.76. The van der Waals surface area contributed by atoms with Gasteiger partial charge in [-0.05, 0) is 25.5 Å². The lowest BCUT2D eigenvalue weighted by atomic mass is 10.1. The van der Waals surface area contributed by atoms with E-state index >= 15 is 0 Å². The van der Waals surface area contributed by atoms with Crippen LogP contribution in [-0.2, 0) is 6.42 Å². The van der Waals surface area contributed by atoms with Gasteiger partial charge >= 0.3 is 0 Å². The molecule has 0 spiro atoms. The third kappa shape index (κ3) is 3.06. The number of anilines is 1. The van der Waals surface area contributed by atoms with Crippen molar-refractivity contribution in [1.82, 2.24) is 10.2 Å². The Labute approximate surface area is 92.3 Å². The van der Waals surface area contributed by atoms with Gasteiger partial charge in [0.2, 0.25) is 5.13 Å². The van der Waals surface area contributed by atoms with Gasteiger partial charge in [0.05, 0.1) is 6.26 Å². The number of rotatable bonds is 5. The molecular formula is C10H13N3OS. The van der Waals surface area contributed by atoms with Crippen LogP contribution in [0.4, 0.5) is 5.13 Å². The maximum absolute atomic E-state index is 5.27. The highest BCUT2D eigenvalue weighted by atomic mass is 32.1. The molecule has 0 aliphatic carbocycles. The molecule has 0 fully saturated rings. The van der Waals surface area contributed by atoms with Crippen LogP contribution in [0, 0.1) is 0 Å². The summed E-state index contributed by atoms with van der Waals surface area (Å²) in [4.78, 5) is 0. The lowest BCUT2D eigenvalue weighted by molar-refractivity contribution is 0.495. The first-order chi connectivity index (χ1) is 7.34. The van der Waals surface area contributed by atoms with E-state index in [1.165, 1.54) is 11.3 Å². The minimum atomic E-state index is 0.378. The van der Waals surface area contributed by atoms with E-state index in [1.807, 2.05) is 12.1 Å². The van der Waals surface area contributed by atoms with Crippen molar-refractivity contribution in [3.8, 4) is 0 Å². The van der Waals surface area contributed by atoms with Crippen LogP contribution < -0.4 is 5.32 Å². The van der Waals surface area contributed by atoms with Crippen molar-refractivity contribution < 1.29 is 4.42 Å². The van der Waals surface area contributed by atoms with Crippen molar-refractivity contribution >= 4 is 16.5 Å². The predicted octanol–water partition coefficient (Wildman–Crippen LogP) is 2.56. The molecule has 0 aromatic carbocycles. The van der Waals surface area contributed by atoms with Gasteiger partial charge in [-0.25, -0.2) is 0 Å². The number of nitrogens with zero attached hydrogens (tertiary/aromatic N) is 2. The summed E-state index contributed by atoms with van der Waals surface area (Å²) in [6, 6.07) is 4.29. The molecule has 4 nitrogen and oxygen atoms in total. The van der Waals surface area contributed by atoms with Crippen molar-refractivity contribution in [3.05, 3.63) is 29.7 Å². The molecule has 0 amide bonds. The zero-order valence-electron chi connectivity index (χ0n) is 8.51. The molecule has 0 aliphatic rings. The monoisotopic (exact) mass is 223 g/mol. The average molecular weight is 223 g/mol. The number of furan rings is 1. The second-order valence-corrected chi connectivity index (χ2v) is 4.24. The Morgan fingerprint density at radius 1 is 1.60 bits per heavy atom. The summed E-state index contributed by atoms with van der Waals surface area (Å²) in [5.74, 6) is 1.03. The van der Waals surface area contributed by atoms with Crippen LogP contribution in [0.3, 0.4) is 0 Å². The lowest BCUT2D eigenvalue weighted by Gasteiger charge is -2.10. The van der Waals surface area contributed by atoms with Gasteiger partial charge in [-0.2, -0.15) is 0 Å². The van der Waals surface area contributed by atoms with Crippen molar-refractivity contribution in [2.24, 2.45) is 0 Å². The number of hydrogen-bond acceptors (Lipinski definition) is 5. The van der Waals surface area contributed by atoms with Crippen molar-refractivity contribution in [3.63, 3.8) is 0 Å². The number of aromatic nitrogens is 2. The first-order valence-electron chi connectivity index (χ1n) is 4.89. The van der Waals surface area contributed by atoms with Gasteiger partial charge in [-0.1, -0.05) is 11.3 Å². The highest BCUT2D eigenvalue weighted by Crippen LogP contribution is 2.12. The zero-order valence-corrected chi connectivity index (χ0v) is 9.33. The molecule has 2 rings (SSSR count). The Bertz CT molecular complexity index is 371. The molecule has 2 aromatic heterocycles. The maximum atomic E-state index is 5.27. The van der Waals surface area contributed by atoms with E-state index in [4.69, 9.17) is 4.42 Å². The fourth-order valence-electron chi connectivity index (χ4n) is 1.33.